The molecule has 0 aromatic heterocycles. The molecule has 232 valence electrons. The van der Waals surface area contributed by atoms with E-state index in [2.05, 4.69) is 19.1 Å². The molecule has 0 unspecified atom stereocenters. The molecule has 2 rings (SSSR count). The van der Waals surface area contributed by atoms with Gasteiger partial charge in [-0.25, -0.2) is 0 Å². The Morgan fingerprint density at radius 3 is 2.08 bits per heavy atom. The lowest BCUT2D eigenvalue weighted by Gasteiger charge is -2.22. The van der Waals surface area contributed by atoms with Gasteiger partial charge in [-0.2, -0.15) is 0 Å². The summed E-state index contributed by atoms with van der Waals surface area (Å²) < 4.78 is 11.5. The van der Waals surface area contributed by atoms with Crippen molar-refractivity contribution in [2.75, 3.05) is 0 Å². The highest BCUT2D eigenvalue weighted by Gasteiger charge is 2.35. The van der Waals surface area contributed by atoms with E-state index in [4.69, 9.17) is 9.47 Å². The number of carbonyl (C=O) groups excluding carboxylic acids is 2. The van der Waals surface area contributed by atoms with Gasteiger partial charge in [0.2, 0.25) is 0 Å². The second-order valence-electron chi connectivity index (χ2n) is 12.5. The van der Waals surface area contributed by atoms with Gasteiger partial charge in [0.1, 0.15) is 11.9 Å². The quantitative estimate of drug-likeness (QED) is 0.0707. The molecule has 6 atom stereocenters. The third-order valence-corrected chi connectivity index (χ3v) is 8.69. The van der Waals surface area contributed by atoms with Crippen LogP contribution in [-0.4, -0.2) is 52.5 Å². The largest absolute Gasteiger partial charge is 0.462 e. The van der Waals surface area contributed by atoms with Crippen molar-refractivity contribution < 1.29 is 29.3 Å². The Hall–Kier alpha value is -1.24. The van der Waals surface area contributed by atoms with Crippen molar-refractivity contribution in [3.8, 4) is 0 Å². The zero-order valence-electron chi connectivity index (χ0n) is 25.7. The van der Waals surface area contributed by atoms with Crippen molar-refractivity contribution in [3.63, 3.8) is 0 Å². The van der Waals surface area contributed by atoms with Crippen molar-refractivity contribution in [1.82, 2.24) is 0 Å². The third-order valence-electron chi connectivity index (χ3n) is 8.69. The molecule has 0 amide bonds. The molecular weight excluding hydrogens is 504 g/mol. The summed E-state index contributed by atoms with van der Waals surface area (Å²) in [7, 11) is 0. The molecule has 2 heterocycles. The number of carbonyl (C=O) groups is 2. The molecule has 0 bridgehead atoms. The van der Waals surface area contributed by atoms with Crippen LogP contribution in [0, 0.1) is 5.92 Å². The molecule has 2 aliphatic rings. The lowest BCUT2D eigenvalue weighted by atomic mass is 9.97. The fourth-order valence-electron chi connectivity index (χ4n) is 6.19. The maximum Gasteiger partial charge on any atom is 0.309 e. The summed E-state index contributed by atoms with van der Waals surface area (Å²) in [6.45, 7) is 3.78. The van der Waals surface area contributed by atoms with Crippen molar-refractivity contribution in [3.05, 3.63) is 12.2 Å². The molecular formula is C34H60O6. The van der Waals surface area contributed by atoms with E-state index in [1.165, 1.54) is 58.3 Å². The van der Waals surface area contributed by atoms with Crippen LogP contribution in [0.15, 0.2) is 12.2 Å². The monoisotopic (exact) mass is 564 g/mol. The van der Waals surface area contributed by atoms with Crippen LogP contribution in [0.5, 0.6) is 0 Å². The van der Waals surface area contributed by atoms with Gasteiger partial charge >= 0.3 is 5.97 Å². The summed E-state index contributed by atoms with van der Waals surface area (Å²) in [5, 5.41) is 21.1. The van der Waals surface area contributed by atoms with Gasteiger partial charge in [0.05, 0.1) is 30.3 Å². The number of ether oxygens (including phenoxy) is 2. The SMILES string of the molecule is CCCCCCCCCCC[C@H](O)[C@@H]1CC[C@H]([C@H](O)CC/C=C/CCCCCC[C@@H]2C[C@H](CC(C)=O)C(=O)O2)O1. The molecule has 40 heavy (non-hydrogen) atoms. The summed E-state index contributed by atoms with van der Waals surface area (Å²) in [4.78, 5) is 23.1. The van der Waals surface area contributed by atoms with E-state index in [1.54, 1.807) is 0 Å². The minimum Gasteiger partial charge on any atom is -0.462 e. The highest BCUT2D eigenvalue weighted by molar-refractivity contribution is 5.83. The second-order valence-corrected chi connectivity index (χ2v) is 12.5. The van der Waals surface area contributed by atoms with Crippen molar-refractivity contribution in [2.24, 2.45) is 5.92 Å². The van der Waals surface area contributed by atoms with Crippen LogP contribution in [0.1, 0.15) is 155 Å². The minimum absolute atomic E-state index is 0.00900. The number of hydrogen-bond donors (Lipinski definition) is 2. The fourth-order valence-corrected chi connectivity index (χ4v) is 6.19. The normalized spacial score (nSPS) is 24.6. The number of hydrogen-bond acceptors (Lipinski definition) is 6. The van der Waals surface area contributed by atoms with Crippen molar-refractivity contribution >= 4 is 11.8 Å². The number of rotatable bonds is 24. The number of allylic oxidation sites excluding steroid dienone is 2. The summed E-state index contributed by atoms with van der Waals surface area (Å²) in [6.07, 6.45) is 26.3. The molecule has 2 aliphatic heterocycles. The molecule has 2 N–H and O–H groups in total. The Morgan fingerprint density at radius 2 is 1.40 bits per heavy atom. The van der Waals surface area contributed by atoms with Crippen LogP contribution in [0.2, 0.25) is 0 Å². The first-order valence-corrected chi connectivity index (χ1v) is 16.8. The lowest BCUT2D eigenvalue weighted by molar-refractivity contribution is -0.145. The van der Waals surface area contributed by atoms with Gasteiger partial charge in [0, 0.05) is 6.42 Å². The van der Waals surface area contributed by atoms with Crippen LogP contribution < -0.4 is 0 Å². The predicted octanol–water partition coefficient (Wildman–Crippen LogP) is 7.76. The van der Waals surface area contributed by atoms with Crippen LogP contribution in [0.3, 0.4) is 0 Å². The molecule has 2 saturated heterocycles. The van der Waals surface area contributed by atoms with Crippen LogP contribution in [0.4, 0.5) is 0 Å². The van der Waals surface area contributed by atoms with Gasteiger partial charge in [-0.1, -0.05) is 89.7 Å². The Bertz CT molecular complexity index is 707. The maximum atomic E-state index is 11.8. The third kappa shape index (κ3) is 15.1. The highest BCUT2D eigenvalue weighted by atomic mass is 16.6. The van der Waals surface area contributed by atoms with Crippen molar-refractivity contribution in [1.29, 1.82) is 0 Å². The van der Waals surface area contributed by atoms with Gasteiger partial charge < -0.3 is 24.5 Å². The first-order valence-electron chi connectivity index (χ1n) is 16.8. The van der Waals surface area contributed by atoms with E-state index in [-0.39, 0.29) is 36.0 Å². The number of Topliss-reactive ketones (excluding diaryl/α,β-unsaturated/α-hetero) is 1. The second kappa shape index (κ2) is 21.5. The minimum atomic E-state index is -0.464. The molecule has 0 radical (unpaired) electrons. The van der Waals surface area contributed by atoms with Gasteiger partial charge in [-0.05, 0) is 71.1 Å². The molecule has 0 aliphatic carbocycles. The molecule has 2 fully saturated rings. The average molecular weight is 565 g/mol. The first-order chi connectivity index (χ1) is 19.4. The number of aliphatic hydroxyl groups is 2. The molecule has 6 nitrogen and oxygen atoms in total. The fraction of sp³-hybridized carbons (Fsp3) is 0.882. The Kier molecular flexibility index (Phi) is 18.8. The average Bonchev–Trinajstić information content (AvgIpc) is 3.55. The lowest BCUT2D eigenvalue weighted by Crippen LogP contribution is -2.30. The molecule has 0 aromatic carbocycles. The van der Waals surface area contributed by atoms with Gasteiger partial charge in [-0.15, -0.1) is 0 Å². The summed E-state index contributed by atoms with van der Waals surface area (Å²) in [5.41, 5.74) is 0. The maximum absolute atomic E-state index is 11.8. The Morgan fingerprint density at radius 1 is 0.825 bits per heavy atom. The van der Waals surface area contributed by atoms with Gasteiger partial charge in [0.25, 0.3) is 0 Å². The van der Waals surface area contributed by atoms with E-state index >= 15 is 0 Å². The first kappa shape index (κ1) is 35.0. The number of cyclic esters (lactones) is 1. The predicted molar refractivity (Wildman–Crippen MR) is 161 cm³/mol. The topological polar surface area (TPSA) is 93.1 Å². The van der Waals surface area contributed by atoms with Gasteiger partial charge in [-0.3, -0.25) is 4.79 Å². The highest BCUT2D eigenvalue weighted by Crippen LogP contribution is 2.29. The molecule has 6 heteroatoms. The van der Waals surface area contributed by atoms with E-state index in [0.717, 1.165) is 70.6 Å². The Labute approximate surface area is 244 Å². The zero-order valence-corrected chi connectivity index (χ0v) is 25.7. The number of esters is 1. The smallest absolute Gasteiger partial charge is 0.309 e. The van der Waals surface area contributed by atoms with E-state index in [9.17, 15) is 19.8 Å². The molecule has 0 saturated carbocycles. The summed E-state index contributed by atoms with van der Waals surface area (Å²) in [5.74, 6) is -0.370. The van der Waals surface area contributed by atoms with E-state index < -0.39 is 12.2 Å². The molecule has 0 spiro atoms. The summed E-state index contributed by atoms with van der Waals surface area (Å²) in [6, 6.07) is 0. The standard InChI is InChI=1S/C34H60O6/c1-3-4-5-6-7-8-12-15-18-21-30(36)32-23-24-33(40-32)31(37)22-19-16-13-10-9-11-14-17-20-29-26-28(25-27(2)35)34(38)39-29/h13,16,28-33,36-37H,3-12,14-15,17-26H2,1-2H3/b16-13+/t28-,29+,30-,31+,32-,33+/m0/s1. The number of unbranched alkanes of at least 4 members (excludes halogenated alkanes) is 12. The summed E-state index contributed by atoms with van der Waals surface area (Å²) >= 11 is 0. The van der Waals surface area contributed by atoms with Crippen molar-refractivity contribution in [2.45, 2.75) is 186 Å². The van der Waals surface area contributed by atoms with Crippen LogP contribution >= 0.6 is 0 Å². The molecule has 0 aromatic rings. The zero-order chi connectivity index (χ0) is 29.0. The number of ketones is 1. The van der Waals surface area contributed by atoms with Gasteiger partial charge in [0.15, 0.2) is 0 Å². The van der Waals surface area contributed by atoms with E-state index in [1.807, 2.05) is 0 Å². The number of aliphatic hydroxyl groups excluding tert-OH is 2. The van der Waals surface area contributed by atoms with Crippen LogP contribution in [-0.2, 0) is 19.1 Å². The van der Waals surface area contributed by atoms with E-state index in [0.29, 0.717) is 19.3 Å². The van der Waals surface area contributed by atoms with Crippen LogP contribution in [0.25, 0.3) is 0 Å². The Balaban J connectivity index is 1.41.